The predicted molar refractivity (Wildman–Crippen MR) is 160 cm³/mol. The van der Waals surface area contributed by atoms with Crippen LogP contribution in [0.4, 0.5) is 0 Å². The Bertz CT molecular complexity index is 1770. The van der Waals surface area contributed by atoms with Crippen molar-refractivity contribution < 1.29 is 37.4 Å². The highest BCUT2D eigenvalue weighted by Crippen LogP contribution is 2.35. The average Bonchev–Trinajstić information content (AvgIpc) is 3.72. The summed E-state index contributed by atoms with van der Waals surface area (Å²) < 4.78 is 47.8. The Kier molecular flexibility index (Phi) is 8.90. The van der Waals surface area contributed by atoms with Crippen LogP contribution in [-0.2, 0) is 21.4 Å². The smallest absolute Gasteiger partial charge is 0.263 e. The van der Waals surface area contributed by atoms with Crippen LogP contribution in [0, 0.1) is 13.8 Å². The fourth-order valence-electron chi connectivity index (χ4n) is 5.20. The molecular weight excluding hydrogens is 588 g/mol. The molecule has 13 heteroatoms. The monoisotopic (exact) mass is 620 g/mol. The topological polar surface area (TPSA) is 148 Å². The molecule has 2 heterocycles. The molecule has 0 radical (unpaired) electrons. The number of aryl methyl sites for hydroxylation is 2. The molecule has 1 unspecified atom stereocenters. The van der Waals surface area contributed by atoms with E-state index in [9.17, 15) is 23.2 Å². The van der Waals surface area contributed by atoms with Gasteiger partial charge in [-0.25, -0.2) is 13.9 Å². The van der Waals surface area contributed by atoms with Crippen molar-refractivity contribution in [2.24, 2.45) is 0 Å². The SMILES string of the molecule is COc1cc(C)c(S(=O)(=O)N(Cc2ccc3c(c2)OCO3)C(CNC(=O)c2ccccc2-n2cccc2)C(=O)NO)c(C)c1. The van der Waals surface area contributed by atoms with E-state index in [2.05, 4.69) is 5.32 Å². The molecule has 1 aromatic heterocycles. The van der Waals surface area contributed by atoms with E-state index in [0.29, 0.717) is 45.2 Å². The van der Waals surface area contributed by atoms with Gasteiger partial charge in [0.2, 0.25) is 16.8 Å². The van der Waals surface area contributed by atoms with Gasteiger partial charge < -0.3 is 24.1 Å². The molecule has 0 aliphatic carbocycles. The van der Waals surface area contributed by atoms with Crippen molar-refractivity contribution in [2.45, 2.75) is 31.3 Å². The number of hydroxylamine groups is 1. The first-order valence-electron chi connectivity index (χ1n) is 13.6. The van der Waals surface area contributed by atoms with Crippen LogP contribution in [-0.4, -0.2) is 60.8 Å². The molecule has 0 bridgehead atoms. The molecule has 4 aromatic rings. The third kappa shape index (κ3) is 6.11. The summed E-state index contributed by atoms with van der Waals surface area (Å²) in [4.78, 5) is 26.6. The molecule has 1 aliphatic heterocycles. The number of ether oxygens (including phenoxy) is 3. The summed E-state index contributed by atoms with van der Waals surface area (Å²) >= 11 is 0. The summed E-state index contributed by atoms with van der Waals surface area (Å²) in [7, 11) is -2.95. The minimum Gasteiger partial charge on any atom is -0.497 e. The first kappa shape index (κ1) is 30.6. The number of hydrogen-bond donors (Lipinski definition) is 3. The Morgan fingerprint density at radius 1 is 1.00 bits per heavy atom. The number of fused-ring (bicyclic) bond motifs is 1. The van der Waals surface area contributed by atoms with Gasteiger partial charge in [-0.1, -0.05) is 18.2 Å². The highest BCUT2D eigenvalue weighted by molar-refractivity contribution is 7.89. The molecule has 230 valence electrons. The fraction of sp³-hybridized carbons (Fsp3) is 0.226. The number of rotatable bonds is 11. The standard InChI is InChI=1S/C31H32N4O8S/c1-20-14-23(41-3)15-21(2)29(20)44(39,40)35(18-22-10-11-27-28(16-22)43-19-42-27)26(31(37)33-38)17-32-30(36)24-8-4-5-9-25(24)34-12-6-7-13-34/h4-16,26,38H,17-19H2,1-3H3,(H,32,36)(H,33,37). The Morgan fingerprint density at radius 2 is 1.68 bits per heavy atom. The van der Waals surface area contributed by atoms with E-state index >= 15 is 0 Å². The van der Waals surface area contributed by atoms with E-state index in [-0.39, 0.29) is 18.2 Å². The number of benzene rings is 3. The molecule has 44 heavy (non-hydrogen) atoms. The summed E-state index contributed by atoms with van der Waals surface area (Å²) in [5.74, 6) is -0.169. The summed E-state index contributed by atoms with van der Waals surface area (Å²) in [6, 6.07) is 17.0. The van der Waals surface area contributed by atoms with Crippen molar-refractivity contribution in [3.8, 4) is 22.9 Å². The molecule has 1 atom stereocenters. The molecule has 0 saturated carbocycles. The zero-order valence-corrected chi connectivity index (χ0v) is 25.1. The summed E-state index contributed by atoms with van der Waals surface area (Å²) in [5.41, 5.74) is 3.75. The van der Waals surface area contributed by atoms with E-state index in [1.165, 1.54) is 7.11 Å². The van der Waals surface area contributed by atoms with Crippen LogP contribution in [0.2, 0.25) is 0 Å². The van der Waals surface area contributed by atoms with Gasteiger partial charge in [-0.05, 0) is 79.1 Å². The van der Waals surface area contributed by atoms with Crippen LogP contribution in [0.5, 0.6) is 17.2 Å². The first-order valence-corrected chi connectivity index (χ1v) is 15.1. The second-order valence-electron chi connectivity index (χ2n) is 10.1. The maximum atomic E-state index is 14.4. The average molecular weight is 621 g/mol. The number of aromatic nitrogens is 1. The van der Waals surface area contributed by atoms with E-state index in [1.54, 1.807) is 90.9 Å². The van der Waals surface area contributed by atoms with Crippen LogP contribution >= 0.6 is 0 Å². The molecule has 0 saturated heterocycles. The lowest BCUT2D eigenvalue weighted by Crippen LogP contribution is -2.54. The van der Waals surface area contributed by atoms with Crippen molar-refractivity contribution in [1.29, 1.82) is 0 Å². The lowest BCUT2D eigenvalue weighted by atomic mass is 10.1. The van der Waals surface area contributed by atoms with Gasteiger partial charge in [0, 0.05) is 25.5 Å². The predicted octanol–water partition coefficient (Wildman–Crippen LogP) is 3.33. The minimum atomic E-state index is -4.43. The zero-order valence-electron chi connectivity index (χ0n) is 24.3. The third-order valence-corrected chi connectivity index (χ3v) is 9.42. The van der Waals surface area contributed by atoms with Gasteiger partial charge in [-0.3, -0.25) is 14.8 Å². The number of hydrogen-bond acceptors (Lipinski definition) is 8. The van der Waals surface area contributed by atoms with Gasteiger partial charge in [-0.15, -0.1) is 0 Å². The van der Waals surface area contributed by atoms with Crippen molar-refractivity contribution in [3.05, 3.63) is 101 Å². The number of amides is 2. The molecule has 2 amide bonds. The lowest BCUT2D eigenvalue weighted by Gasteiger charge is -2.31. The highest BCUT2D eigenvalue weighted by Gasteiger charge is 2.38. The molecule has 12 nitrogen and oxygen atoms in total. The number of carbonyl (C=O) groups excluding carboxylic acids is 2. The van der Waals surface area contributed by atoms with Gasteiger partial charge in [-0.2, -0.15) is 4.31 Å². The van der Waals surface area contributed by atoms with E-state index < -0.39 is 34.4 Å². The van der Waals surface area contributed by atoms with Gasteiger partial charge in [0.05, 0.1) is 23.3 Å². The van der Waals surface area contributed by atoms with Crippen molar-refractivity contribution in [1.82, 2.24) is 19.7 Å². The number of sulfonamides is 1. The molecule has 3 aromatic carbocycles. The molecule has 3 N–H and O–H groups in total. The van der Waals surface area contributed by atoms with Crippen molar-refractivity contribution in [3.63, 3.8) is 0 Å². The number of para-hydroxylation sites is 1. The normalized spacial score (nSPS) is 13.0. The van der Waals surface area contributed by atoms with E-state index in [4.69, 9.17) is 14.2 Å². The minimum absolute atomic E-state index is 0.0249. The molecule has 1 aliphatic rings. The Hall–Kier alpha value is -4.85. The summed E-state index contributed by atoms with van der Waals surface area (Å²) in [6.45, 7) is 2.53. The quantitative estimate of drug-likeness (QED) is 0.171. The second-order valence-corrected chi connectivity index (χ2v) is 12.0. The molecule has 0 spiro atoms. The first-order chi connectivity index (χ1) is 21.1. The van der Waals surface area contributed by atoms with Crippen LogP contribution in [0.15, 0.2) is 84.0 Å². The maximum Gasteiger partial charge on any atom is 0.263 e. The molecule has 0 fully saturated rings. The lowest BCUT2D eigenvalue weighted by molar-refractivity contribution is -0.133. The molecular formula is C31H32N4O8S. The Morgan fingerprint density at radius 3 is 2.36 bits per heavy atom. The van der Waals surface area contributed by atoms with Crippen molar-refractivity contribution >= 4 is 21.8 Å². The van der Waals surface area contributed by atoms with Gasteiger partial charge >= 0.3 is 0 Å². The summed E-state index contributed by atoms with van der Waals surface area (Å²) in [6.07, 6.45) is 3.57. The fourth-order valence-corrected chi connectivity index (χ4v) is 7.20. The summed E-state index contributed by atoms with van der Waals surface area (Å²) in [5, 5.41) is 12.4. The number of methoxy groups -OCH3 is 1. The van der Waals surface area contributed by atoms with E-state index in [0.717, 1.165) is 4.31 Å². The highest BCUT2D eigenvalue weighted by atomic mass is 32.2. The Balaban J connectivity index is 1.54. The van der Waals surface area contributed by atoms with Crippen LogP contribution in [0.3, 0.4) is 0 Å². The number of nitrogens with one attached hydrogen (secondary N) is 2. The van der Waals surface area contributed by atoms with Crippen LogP contribution < -0.4 is 25.0 Å². The van der Waals surface area contributed by atoms with Crippen LogP contribution in [0.1, 0.15) is 27.0 Å². The zero-order chi connectivity index (χ0) is 31.4. The van der Waals surface area contributed by atoms with E-state index in [1.807, 2.05) is 12.1 Å². The second kappa shape index (κ2) is 12.8. The van der Waals surface area contributed by atoms with Crippen LogP contribution in [0.25, 0.3) is 5.69 Å². The van der Waals surface area contributed by atoms with Gasteiger partial charge in [0.1, 0.15) is 11.8 Å². The van der Waals surface area contributed by atoms with Gasteiger partial charge in [0.25, 0.3) is 11.8 Å². The largest absolute Gasteiger partial charge is 0.497 e. The third-order valence-electron chi connectivity index (χ3n) is 7.26. The number of nitrogens with zero attached hydrogens (tertiary/aromatic N) is 2. The Labute approximate surface area is 254 Å². The number of carbonyl (C=O) groups is 2. The molecule has 5 rings (SSSR count). The van der Waals surface area contributed by atoms with Gasteiger partial charge in [0.15, 0.2) is 11.5 Å². The maximum absolute atomic E-state index is 14.4. The van der Waals surface area contributed by atoms with Crippen molar-refractivity contribution in [2.75, 3.05) is 20.4 Å².